The molecule has 0 aromatic rings. The smallest absolute Gasteiger partial charge is 0.191 e. The lowest BCUT2D eigenvalue weighted by molar-refractivity contribution is 0.332. The van der Waals surface area contributed by atoms with Gasteiger partial charge in [0.1, 0.15) is 0 Å². The van der Waals surface area contributed by atoms with Gasteiger partial charge in [-0.3, -0.25) is 4.99 Å². The second kappa shape index (κ2) is 5.86. The molecule has 0 rings (SSSR count). The van der Waals surface area contributed by atoms with E-state index >= 15 is 0 Å². The summed E-state index contributed by atoms with van der Waals surface area (Å²) in [6, 6.07) is 0.491. The summed E-state index contributed by atoms with van der Waals surface area (Å²) in [6.45, 7) is 10.1. The van der Waals surface area contributed by atoms with Crippen LogP contribution >= 0.6 is 0 Å². The molecule has 0 radical (unpaired) electrons. The van der Waals surface area contributed by atoms with Gasteiger partial charge in [-0.05, 0) is 27.2 Å². The van der Waals surface area contributed by atoms with Crippen molar-refractivity contribution in [1.82, 2.24) is 4.90 Å². The van der Waals surface area contributed by atoms with Gasteiger partial charge in [-0.25, -0.2) is 0 Å². The zero-order valence-electron chi connectivity index (χ0n) is 8.67. The monoisotopic (exact) mass is 171 g/mol. The molecule has 2 N–H and O–H groups in total. The third-order valence-electron chi connectivity index (χ3n) is 2.08. The summed E-state index contributed by atoms with van der Waals surface area (Å²) in [4.78, 5) is 6.31. The zero-order valence-corrected chi connectivity index (χ0v) is 8.67. The van der Waals surface area contributed by atoms with Crippen molar-refractivity contribution < 1.29 is 0 Å². The van der Waals surface area contributed by atoms with E-state index in [4.69, 9.17) is 5.73 Å². The van der Waals surface area contributed by atoms with Gasteiger partial charge in [0.05, 0.1) is 0 Å². The largest absolute Gasteiger partial charge is 0.370 e. The van der Waals surface area contributed by atoms with E-state index in [-0.39, 0.29) is 0 Å². The highest BCUT2D eigenvalue weighted by Gasteiger charge is 2.10. The van der Waals surface area contributed by atoms with E-state index in [9.17, 15) is 0 Å². The third kappa shape index (κ3) is 3.11. The van der Waals surface area contributed by atoms with Crippen molar-refractivity contribution in [1.29, 1.82) is 0 Å². The van der Waals surface area contributed by atoms with Crippen LogP contribution in [0.25, 0.3) is 0 Å². The molecule has 0 saturated carbocycles. The van der Waals surface area contributed by atoms with Crippen LogP contribution < -0.4 is 5.73 Å². The lowest BCUT2D eigenvalue weighted by atomic mass is 10.2. The van der Waals surface area contributed by atoms with Crippen molar-refractivity contribution in [3.05, 3.63) is 0 Å². The second-order valence-electron chi connectivity index (χ2n) is 2.88. The molecule has 0 aliphatic heterocycles. The highest BCUT2D eigenvalue weighted by molar-refractivity contribution is 5.78. The molecule has 0 fully saturated rings. The highest BCUT2D eigenvalue weighted by Crippen LogP contribution is 2.01. The van der Waals surface area contributed by atoms with Crippen LogP contribution in [0.1, 0.15) is 34.1 Å². The number of guanidine groups is 1. The van der Waals surface area contributed by atoms with Crippen LogP contribution in [0.2, 0.25) is 0 Å². The van der Waals surface area contributed by atoms with E-state index in [2.05, 4.69) is 30.7 Å². The Balaban J connectivity index is 4.23. The minimum Gasteiger partial charge on any atom is -0.370 e. The summed E-state index contributed by atoms with van der Waals surface area (Å²) >= 11 is 0. The van der Waals surface area contributed by atoms with Gasteiger partial charge in [-0.15, -0.1) is 0 Å². The molecule has 0 bridgehead atoms. The van der Waals surface area contributed by atoms with Gasteiger partial charge in [-0.2, -0.15) is 0 Å². The summed E-state index contributed by atoms with van der Waals surface area (Å²) in [5.41, 5.74) is 5.79. The van der Waals surface area contributed by atoms with E-state index in [1.807, 2.05) is 6.92 Å². The fourth-order valence-electron chi connectivity index (χ4n) is 1.17. The minimum atomic E-state index is 0.491. The van der Waals surface area contributed by atoms with E-state index in [1.54, 1.807) is 0 Å². The summed E-state index contributed by atoms with van der Waals surface area (Å²) in [5.74, 6) is 0.675. The molecule has 0 aliphatic rings. The predicted molar refractivity (Wildman–Crippen MR) is 54.3 cm³/mol. The first kappa shape index (κ1) is 11.3. The molecule has 3 heteroatoms. The Bertz CT molecular complexity index is 143. The van der Waals surface area contributed by atoms with Gasteiger partial charge < -0.3 is 10.6 Å². The molecule has 0 aromatic heterocycles. The number of nitrogens with zero attached hydrogens (tertiary/aromatic N) is 2. The SMILES string of the molecule is CCN=C(N)N(CC)C(C)CC. The lowest BCUT2D eigenvalue weighted by Gasteiger charge is -2.27. The Morgan fingerprint density at radius 2 is 2.00 bits per heavy atom. The van der Waals surface area contributed by atoms with Gasteiger partial charge in [0, 0.05) is 19.1 Å². The fourth-order valence-corrected chi connectivity index (χ4v) is 1.17. The minimum absolute atomic E-state index is 0.491. The normalized spacial score (nSPS) is 14.5. The molecule has 12 heavy (non-hydrogen) atoms. The Morgan fingerprint density at radius 1 is 1.42 bits per heavy atom. The van der Waals surface area contributed by atoms with Crippen LogP contribution in [-0.2, 0) is 0 Å². The Morgan fingerprint density at radius 3 is 2.33 bits per heavy atom. The third-order valence-corrected chi connectivity index (χ3v) is 2.08. The number of hydrogen-bond acceptors (Lipinski definition) is 1. The van der Waals surface area contributed by atoms with Crippen molar-refractivity contribution in [3.63, 3.8) is 0 Å². The number of hydrogen-bond donors (Lipinski definition) is 1. The number of rotatable bonds is 4. The van der Waals surface area contributed by atoms with E-state index in [0.717, 1.165) is 19.5 Å². The maximum absolute atomic E-state index is 5.79. The van der Waals surface area contributed by atoms with Gasteiger partial charge >= 0.3 is 0 Å². The highest BCUT2D eigenvalue weighted by atomic mass is 15.3. The Kier molecular flexibility index (Phi) is 5.51. The van der Waals surface area contributed by atoms with Crippen molar-refractivity contribution in [2.75, 3.05) is 13.1 Å². The lowest BCUT2D eigenvalue weighted by Crippen LogP contribution is -2.43. The first-order chi connectivity index (χ1) is 5.67. The van der Waals surface area contributed by atoms with Crippen LogP contribution in [0, 0.1) is 0 Å². The van der Waals surface area contributed by atoms with Crippen molar-refractivity contribution in [2.45, 2.75) is 40.2 Å². The molecular formula is C9H21N3. The molecule has 0 spiro atoms. The molecule has 1 atom stereocenters. The zero-order chi connectivity index (χ0) is 9.56. The molecule has 0 amide bonds. The predicted octanol–water partition coefficient (Wildman–Crippen LogP) is 1.44. The topological polar surface area (TPSA) is 41.6 Å². The van der Waals surface area contributed by atoms with E-state index in [0.29, 0.717) is 12.0 Å². The van der Waals surface area contributed by atoms with Crippen molar-refractivity contribution in [3.8, 4) is 0 Å². The molecule has 0 saturated heterocycles. The maximum atomic E-state index is 5.79. The first-order valence-electron chi connectivity index (χ1n) is 4.73. The molecule has 0 heterocycles. The second-order valence-corrected chi connectivity index (χ2v) is 2.88. The van der Waals surface area contributed by atoms with Gasteiger partial charge in [0.15, 0.2) is 5.96 Å². The van der Waals surface area contributed by atoms with Crippen LogP contribution in [0.5, 0.6) is 0 Å². The van der Waals surface area contributed by atoms with E-state index < -0.39 is 0 Å². The molecule has 72 valence electrons. The summed E-state index contributed by atoms with van der Waals surface area (Å²) < 4.78 is 0. The Labute approximate surface area is 75.7 Å². The summed E-state index contributed by atoms with van der Waals surface area (Å²) in [5, 5.41) is 0. The quantitative estimate of drug-likeness (QED) is 0.513. The van der Waals surface area contributed by atoms with Crippen LogP contribution in [0.3, 0.4) is 0 Å². The van der Waals surface area contributed by atoms with Crippen LogP contribution in [-0.4, -0.2) is 30.0 Å². The Hall–Kier alpha value is -0.730. The van der Waals surface area contributed by atoms with Crippen molar-refractivity contribution >= 4 is 5.96 Å². The van der Waals surface area contributed by atoms with Crippen molar-refractivity contribution in [2.24, 2.45) is 10.7 Å². The fraction of sp³-hybridized carbons (Fsp3) is 0.889. The van der Waals surface area contributed by atoms with E-state index in [1.165, 1.54) is 0 Å². The van der Waals surface area contributed by atoms with Gasteiger partial charge in [0.25, 0.3) is 0 Å². The molecule has 0 aliphatic carbocycles. The molecular weight excluding hydrogens is 150 g/mol. The summed E-state index contributed by atoms with van der Waals surface area (Å²) in [6.07, 6.45) is 1.10. The van der Waals surface area contributed by atoms with Gasteiger partial charge in [-0.1, -0.05) is 6.92 Å². The number of nitrogens with two attached hydrogens (primary N) is 1. The average molecular weight is 171 g/mol. The molecule has 3 nitrogen and oxygen atoms in total. The standard InChI is InChI=1S/C9H21N3/c1-5-8(4)12(7-3)9(10)11-6-2/h8H,5-7H2,1-4H3,(H2,10,11). The first-order valence-corrected chi connectivity index (χ1v) is 4.73. The summed E-state index contributed by atoms with van der Waals surface area (Å²) in [7, 11) is 0. The van der Waals surface area contributed by atoms with Crippen LogP contribution in [0.15, 0.2) is 4.99 Å². The maximum Gasteiger partial charge on any atom is 0.191 e. The molecule has 1 unspecified atom stereocenters. The molecule has 0 aromatic carbocycles. The average Bonchev–Trinajstić information content (AvgIpc) is 2.06. The van der Waals surface area contributed by atoms with Crippen LogP contribution in [0.4, 0.5) is 0 Å². The number of aliphatic imine (C=N–C) groups is 1. The van der Waals surface area contributed by atoms with Gasteiger partial charge in [0.2, 0.25) is 0 Å².